The molecule has 10 nitrogen and oxygen atoms in total. The van der Waals surface area contributed by atoms with E-state index in [9.17, 15) is 29.4 Å². The van der Waals surface area contributed by atoms with Gasteiger partial charge in [0, 0.05) is 0 Å². The molecule has 3 amide bonds. The van der Waals surface area contributed by atoms with E-state index in [1.807, 2.05) is 0 Å². The molecule has 5 atom stereocenters. The van der Waals surface area contributed by atoms with Crippen molar-refractivity contribution < 1.29 is 29.4 Å². The second-order valence-electron chi connectivity index (χ2n) is 5.93. The molecular weight excluding hydrogens is 332 g/mol. The molecule has 0 aromatic carbocycles. The molecule has 7 N–H and O–H groups in total. The second kappa shape index (κ2) is 10.6. The molecular formula is C15H28N4O6. The minimum absolute atomic E-state index is 0.298. The zero-order valence-corrected chi connectivity index (χ0v) is 14.9. The van der Waals surface area contributed by atoms with E-state index in [1.165, 1.54) is 13.8 Å². The zero-order chi connectivity index (χ0) is 19.7. The highest BCUT2D eigenvalue weighted by molar-refractivity contribution is 5.93. The van der Waals surface area contributed by atoms with Crippen LogP contribution in [0.2, 0.25) is 0 Å². The van der Waals surface area contributed by atoms with Gasteiger partial charge >= 0.3 is 5.97 Å². The molecule has 0 saturated heterocycles. The van der Waals surface area contributed by atoms with Crippen LogP contribution in [0.1, 0.15) is 34.1 Å². The Labute approximate surface area is 146 Å². The molecule has 0 aliphatic heterocycles. The molecule has 25 heavy (non-hydrogen) atoms. The lowest BCUT2D eigenvalue weighted by molar-refractivity contribution is -0.144. The molecule has 5 unspecified atom stereocenters. The predicted octanol–water partition coefficient (Wildman–Crippen LogP) is -2.07. The summed E-state index contributed by atoms with van der Waals surface area (Å²) >= 11 is 0. The number of carbonyl (C=O) groups is 4. The summed E-state index contributed by atoms with van der Waals surface area (Å²) in [5.41, 5.74) is 5.14. The Bertz CT molecular complexity index is 496. The summed E-state index contributed by atoms with van der Waals surface area (Å²) in [6.45, 7) is 5.82. The molecule has 0 aliphatic carbocycles. The van der Waals surface area contributed by atoms with Gasteiger partial charge in [0.2, 0.25) is 17.7 Å². The van der Waals surface area contributed by atoms with Crippen molar-refractivity contribution in [1.29, 1.82) is 0 Å². The van der Waals surface area contributed by atoms with E-state index in [2.05, 4.69) is 16.0 Å². The van der Waals surface area contributed by atoms with Crippen molar-refractivity contribution in [1.82, 2.24) is 16.0 Å². The van der Waals surface area contributed by atoms with Crippen LogP contribution in [0.15, 0.2) is 0 Å². The first kappa shape index (κ1) is 22.8. The van der Waals surface area contributed by atoms with E-state index in [-0.39, 0.29) is 12.5 Å². The van der Waals surface area contributed by atoms with Crippen LogP contribution < -0.4 is 21.7 Å². The molecule has 0 saturated carbocycles. The first-order valence-electron chi connectivity index (χ1n) is 8.06. The zero-order valence-electron chi connectivity index (χ0n) is 14.9. The summed E-state index contributed by atoms with van der Waals surface area (Å²) in [4.78, 5) is 46.8. The van der Waals surface area contributed by atoms with Crippen LogP contribution in [0.25, 0.3) is 0 Å². The van der Waals surface area contributed by atoms with Gasteiger partial charge in [-0.05, 0) is 19.8 Å². The Balaban J connectivity index is 5.04. The summed E-state index contributed by atoms with van der Waals surface area (Å²) in [5, 5.41) is 25.9. The van der Waals surface area contributed by atoms with Gasteiger partial charge in [-0.25, -0.2) is 4.79 Å². The van der Waals surface area contributed by atoms with Crippen LogP contribution in [0.5, 0.6) is 0 Å². The van der Waals surface area contributed by atoms with E-state index in [4.69, 9.17) is 5.73 Å². The maximum Gasteiger partial charge on any atom is 0.326 e. The molecule has 144 valence electrons. The highest BCUT2D eigenvalue weighted by Gasteiger charge is 2.32. The van der Waals surface area contributed by atoms with Crippen LogP contribution in [-0.2, 0) is 19.2 Å². The fraction of sp³-hybridized carbons (Fsp3) is 0.733. The lowest BCUT2D eigenvalue weighted by Gasteiger charge is -2.26. The van der Waals surface area contributed by atoms with Crippen LogP contribution >= 0.6 is 0 Å². The molecule has 0 aromatic heterocycles. The lowest BCUT2D eigenvalue weighted by Crippen LogP contribution is -2.59. The van der Waals surface area contributed by atoms with Crippen molar-refractivity contribution in [3.8, 4) is 0 Å². The standard InChI is InChI=1S/C15H28N4O6/c1-5-7(2)11(15(24)25)18-14(23)12(9(4)20)19-13(22)8(3)17-10(21)6-16/h7-9,11-12,20H,5-6,16H2,1-4H3,(H,17,21)(H,18,23)(H,19,22)(H,24,25). The summed E-state index contributed by atoms with van der Waals surface area (Å²) in [5.74, 6) is -3.63. The smallest absolute Gasteiger partial charge is 0.326 e. The van der Waals surface area contributed by atoms with E-state index < -0.39 is 47.9 Å². The lowest BCUT2D eigenvalue weighted by atomic mass is 9.98. The SMILES string of the molecule is CCC(C)C(NC(=O)C(NC(=O)C(C)NC(=O)CN)C(C)O)C(=O)O. The van der Waals surface area contributed by atoms with Gasteiger partial charge in [-0.2, -0.15) is 0 Å². The summed E-state index contributed by atoms with van der Waals surface area (Å²) in [6.07, 6.45) is -0.752. The maximum absolute atomic E-state index is 12.3. The number of carboxylic acid groups (broad SMARTS) is 1. The van der Waals surface area contributed by atoms with Crippen molar-refractivity contribution in [3.63, 3.8) is 0 Å². The van der Waals surface area contributed by atoms with Crippen molar-refractivity contribution in [2.24, 2.45) is 11.7 Å². The Morgan fingerprint density at radius 1 is 0.960 bits per heavy atom. The van der Waals surface area contributed by atoms with Crippen LogP contribution in [0, 0.1) is 5.92 Å². The molecule has 0 heterocycles. The van der Waals surface area contributed by atoms with Crippen LogP contribution in [0.3, 0.4) is 0 Å². The van der Waals surface area contributed by atoms with Crippen LogP contribution in [0.4, 0.5) is 0 Å². The number of hydrogen-bond acceptors (Lipinski definition) is 6. The molecule has 0 aromatic rings. The van der Waals surface area contributed by atoms with Gasteiger partial charge in [-0.1, -0.05) is 20.3 Å². The molecule has 0 radical (unpaired) electrons. The Hall–Kier alpha value is -2.20. The van der Waals surface area contributed by atoms with Gasteiger partial charge in [0.1, 0.15) is 18.1 Å². The normalized spacial score (nSPS) is 16.7. The largest absolute Gasteiger partial charge is 0.480 e. The second-order valence-corrected chi connectivity index (χ2v) is 5.93. The molecule has 10 heteroatoms. The summed E-state index contributed by atoms with van der Waals surface area (Å²) in [7, 11) is 0. The van der Waals surface area contributed by atoms with E-state index in [0.29, 0.717) is 6.42 Å². The number of rotatable bonds is 10. The number of aliphatic hydroxyl groups excluding tert-OH is 1. The number of amides is 3. The molecule has 0 aliphatic rings. The van der Waals surface area contributed by atoms with Gasteiger partial charge in [-0.3, -0.25) is 14.4 Å². The first-order chi connectivity index (χ1) is 11.5. The summed E-state index contributed by atoms with van der Waals surface area (Å²) in [6, 6.07) is -3.49. The fourth-order valence-corrected chi connectivity index (χ4v) is 1.98. The van der Waals surface area contributed by atoms with Crippen molar-refractivity contribution in [2.45, 2.75) is 58.3 Å². The number of carbonyl (C=O) groups excluding carboxylic acids is 3. The predicted molar refractivity (Wildman–Crippen MR) is 89.3 cm³/mol. The van der Waals surface area contributed by atoms with Crippen LogP contribution in [-0.4, -0.2) is 64.7 Å². The van der Waals surface area contributed by atoms with Crippen molar-refractivity contribution in [2.75, 3.05) is 6.54 Å². The van der Waals surface area contributed by atoms with Gasteiger partial charge < -0.3 is 31.9 Å². The van der Waals surface area contributed by atoms with Gasteiger partial charge in [0.05, 0.1) is 12.6 Å². The number of hydrogen-bond donors (Lipinski definition) is 6. The Kier molecular flexibility index (Phi) is 9.69. The maximum atomic E-state index is 12.3. The number of nitrogens with one attached hydrogen (secondary N) is 3. The fourth-order valence-electron chi connectivity index (χ4n) is 1.98. The third-order valence-electron chi connectivity index (χ3n) is 3.80. The van der Waals surface area contributed by atoms with Gasteiger partial charge in [0.15, 0.2) is 0 Å². The number of nitrogens with two attached hydrogens (primary N) is 1. The minimum atomic E-state index is -1.37. The van der Waals surface area contributed by atoms with E-state index in [0.717, 1.165) is 0 Å². The topological polar surface area (TPSA) is 171 Å². The third-order valence-corrected chi connectivity index (χ3v) is 3.80. The quantitative estimate of drug-likeness (QED) is 0.260. The summed E-state index contributed by atoms with van der Waals surface area (Å²) < 4.78 is 0. The molecule has 0 spiro atoms. The van der Waals surface area contributed by atoms with E-state index in [1.54, 1.807) is 13.8 Å². The van der Waals surface area contributed by atoms with Crippen molar-refractivity contribution in [3.05, 3.63) is 0 Å². The Morgan fingerprint density at radius 2 is 1.48 bits per heavy atom. The molecule has 0 rings (SSSR count). The van der Waals surface area contributed by atoms with Gasteiger partial charge in [-0.15, -0.1) is 0 Å². The minimum Gasteiger partial charge on any atom is -0.480 e. The molecule has 0 fully saturated rings. The van der Waals surface area contributed by atoms with E-state index >= 15 is 0 Å². The average Bonchev–Trinajstić information content (AvgIpc) is 2.55. The Morgan fingerprint density at radius 3 is 1.88 bits per heavy atom. The average molecular weight is 360 g/mol. The number of aliphatic hydroxyl groups is 1. The monoisotopic (exact) mass is 360 g/mol. The number of carboxylic acids is 1. The first-order valence-corrected chi connectivity index (χ1v) is 8.06. The number of aliphatic carboxylic acids is 1. The molecule has 0 bridgehead atoms. The highest BCUT2D eigenvalue weighted by atomic mass is 16.4. The van der Waals surface area contributed by atoms with Crippen molar-refractivity contribution >= 4 is 23.7 Å². The third kappa shape index (κ3) is 7.48. The van der Waals surface area contributed by atoms with Gasteiger partial charge in [0.25, 0.3) is 0 Å². The highest BCUT2D eigenvalue weighted by Crippen LogP contribution is 2.09.